The van der Waals surface area contributed by atoms with E-state index in [4.69, 9.17) is 9.84 Å². The van der Waals surface area contributed by atoms with E-state index in [1.165, 1.54) is 12.1 Å². The molecule has 90 valence electrons. The lowest BCUT2D eigenvalue weighted by molar-refractivity contribution is -0.120. The average Bonchev–Trinajstić information content (AvgIpc) is 2.48. The van der Waals surface area contributed by atoms with E-state index in [1.807, 2.05) is 6.92 Å². The molecule has 17 heavy (non-hydrogen) atoms. The summed E-state index contributed by atoms with van der Waals surface area (Å²) in [5, 5.41) is 8.88. The van der Waals surface area contributed by atoms with Crippen LogP contribution >= 0.6 is 0 Å². The van der Waals surface area contributed by atoms with Crippen LogP contribution in [0.4, 0.5) is 0 Å². The van der Waals surface area contributed by atoms with Crippen LogP contribution in [0.1, 0.15) is 22.8 Å². The molecule has 0 aromatic heterocycles. The highest BCUT2D eigenvalue weighted by molar-refractivity contribution is 5.88. The Labute approximate surface area is 98.6 Å². The zero-order valence-corrected chi connectivity index (χ0v) is 9.42. The Morgan fingerprint density at radius 3 is 3.00 bits per heavy atom. The van der Waals surface area contributed by atoms with Gasteiger partial charge in [-0.1, -0.05) is 6.07 Å². The second-order valence-electron chi connectivity index (χ2n) is 4.07. The summed E-state index contributed by atoms with van der Waals surface area (Å²) in [7, 11) is 0. The molecule has 0 bridgehead atoms. The number of amides is 1. The Kier molecular flexibility index (Phi) is 2.99. The van der Waals surface area contributed by atoms with Gasteiger partial charge < -0.3 is 14.7 Å². The lowest BCUT2D eigenvalue weighted by Crippen LogP contribution is -2.33. The fraction of sp³-hybridized carbons (Fsp3) is 0.333. The number of benzene rings is 1. The van der Waals surface area contributed by atoms with E-state index in [2.05, 4.69) is 0 Å². The number of fused-ring (bicyclic) bond motifs is 1. The van der Waals surface area contributed by atoms with Crippen LogP contribution in [0.2, 0.25) is 0 Å². The summed E-state index contributed by atoms with van der Waals surface area (Å²) in [5.74, 6) is -0.443. The van der Waals surface area contributed by atoms with Crippen molar-refractivity contribution in [3.63, 3.8) is 0 Å². The van der Waals surface area contributed by atoms with Crippen molar-refractivity contribution < 1.29 is 19.4 Å². The van der Waals surface area contributed by atoms with Crippen molar-refractivity contribution in [3.8, 4) is 5.75 Å². The Bertz CT molecular complexity index is 458. The number of hydrogen-bond acceptors (Lipinski definition) is 3. The third-order valence-electron chi connectivity index (χ3n) is 2.85. The van der Waals surface area contributed by atoms with E-state index >= 15 is 0 Å². The number of carboxylic acid groups (broad SMARTS) is 1. The zero-order chi connectivity index (χ0) is 12.4. The second-order valence-corrected chi connectivity index (χ2v) is 4.07. The van der Waals surface area contributed by atoms with Gasteiger partial charge >= 0.3 is 5.97 Å². The van der Waals surface area contributed by atoms with Crippen molar-refractivity contribution in [1.82, 2.24) is 4.90 Å². The monoisotopic (exact) mass is 235 g/mol. The lowest BCUT2D eigenvalue weighted by atomic mass is 10.1. The van der Waals surface area contributed by atoms with Crippen molar-refractivity contribution in [3.05, 3.63) is 29.3 Å². The van der Waals surface area contributed by atoms with Crippen molar-refractivity contribution in [2.75, 3.05) is 6.61 Å². The Hall–Kier alpha value is -2.04. The normalized spacial score (nSPS) is 18.9. The first-order chi connectivity index (χ1) is 8.11. The van der Waals surface area contributed by atoms with Gasteiger partial charge in [0.2, 0.25) is 6.41 Å². The van der Waals surface area contributed by atoms with E-state index in [1.54, 1.807) is 11.0 Å². The maximum atomic E-state index is 10.9. The third kappa shape index (κ3) is 2.22. The van der Waals surface area contributed by atoms with Crippen molar-refractivity contribution in [2.45, 2.75) is 19.5 Å². The third-order valence-corrected chi connectivity index (χ3v) is 2.85. The quantitative estimate of drug-likeness (QED) is 0.780. The van der Waals surface area contributed by atoms with Gasteiger partial charge in [-0.05, 0) is 19.1 Å². The number of ether oxygens (including phenoxy) is 1. The van der Waals surface area contributed by atoms with Crippen LogP contribution in [-0.4, -0.2) is 35.0 Å². The molecule has 0 unspecified atom stereocenters. The van der Waals surface area contributed by atoms with Crippen LogP contribution < -0.4 is 4.74 Å². The number of carbonyl (C=O) groups excluding carboxylic acids is 1. The maximum absolute atomic E-state index is 10.9. The maximum Gasteiger partial charge on any atom is 0.335 e. The Balaban J connectivity index is 2.35. The molecular weight excluding hydrogens is 222 g/mol. The van der Waals surface area contributed by atoms with Gasteiger partial charge in [-0.25, -0.2) is 4.79 Å². The molecule has 1 aromatic carbocycles. The van der Waals surface area contributed by atoms with Gasteiger partial charge in [-0.15, -0.1) is 0 Å². The van der Waals surface area contributed by atoms with Gasteiger partial charge in [0.15, 0.2) is 0 Å². The first kappa shape index (κ1) is 11.4. The summed E-state index contributed by atoms with van der Waals surface area (Å²) in [6.45, 7) is 2.70. The second kappa shape index (κ2) is 4.45. The number of nitrogens with zero attached hydrogens (tertiary/aromatic N) is 1. The van der Waals surface area contributed by atoms with Gasteiger partial charge in [0, 0.05) is 12.1 Å². The minimum Gasteiger partial charge on any atom is -0.491 e. The predicted octanol–water partition coefficient (Wildman–Crippen LogP) is 1.12. The van der Waals surface area contributed by atoms with Crippen LogP contribution in [0, 0.1) is 0 Å². The molecular formula is C12H13NO4. The topological polar surface area (TPSA) is 66.8 Å². The largest absolute Gasteiger partial charge is 0.491 e. The van der Waals surface area contributed by atoms with Gasteiger partial charge in [-0.3, -0.25) is 4.79 Å². The Morgan fingerprint density at radius 1 is 1.59 bits per heavy atom. The summed E-state index contributed by atoms with van der Waals surface area (Å²) in [6, 6.07) is 4.68. The van der Waals surface area contributed by atoms with Crippen LogP contribution in [0.3, 0.4) is 0 Å². The number of hydrogen-bond donors (Lipinski definition) is 1. The smallest absolute Gasteiger partial charge is 0.335 e. The standard InChI is InChI=1S/C12H13NO4/c1-8-6-17-11-4-9(12(15)16)2-3-10(11)5-13(8)7-14/h2-4,7-8H,5-6H2,1H3,(H,15,16)/t8-/m1/s1. The fourth-order valence-corrected chi connectivity index (χ4v) is 1.75. The number of carboxylic acids is 1. The molecule has 0 aliphatic carbocycles. The Morgan fingerprint density at radius 2 is 2.35 bits per heavy atom. The summed E-state index contributed by atoms with van der Waals surface area (Å²) >= 11 is 0. The summed E-state index contributed by atoms with van der Waals surface area (Å²) in [6.07, 6.45) is 0.786. The number of carbonyl (C=O) groups is 2. The van der Waals surface area contributed by atoms with Crippen molar-refractivity contribution in [2.24, 2.45) is 0 Å². The van der Waals surface area contributed by atoms with Gasteiger partial charge in [-0.2, -0.15) is 0 Å². The van der Waals surface area contributed by atoms with Crippen LogP contribution in [-0.2, 0) is 11.3 Å². The van der Waals surface area contributed by atoms with Gasteiger partial charge in [0.05, 0.1) is 11.6 Å². The zero-order valence-electron chi connectivity index (χ0n) is 9.42. The molecule has 5 nitrogen and oxygen atoms in total. The summed E-state index contributed by atoms with van der Waals surface area (Å²) in [5.41, 5.74) is 1.02. The first-order valence-electron chi connectivity index (χ1n) is 5.32. The number of rotatable bonds is 2. The lowest BCUT2D eigenvalue weighted by Gasteiger charge is -2.20. The molecule has 1 aliphatic heterocycles. The van der Waals surface area contributed by atoms with Crippen LogP contribution in [0.25, 0.3) is 0 Å². The molecule has 1 N–H and O–H groups in total. The molecule has 1 aromatic rings. The van der Waals surface area contributed by atoms with Crippen molar-refractivity contribution in [1.29, 1.82) is 0 Å². The molecule has 5 heteroatoms. The molecule has 0 radical (unpaired) electrons. The molecule has 1 atom stereocenters. The molecule has 0 spiro atoms. The van der Waals surface area contributed by atoms with Gasteiger partial charge in [0.25, 0.3) is 0 Å². The highest BCUT2D eigenvalue weighted by Crippen LogP contribution is 2.25. The van der Waals surface area contributed by atoms with Crippen LogP contribution in [0.5, 0.6) is 5.75 Å². The molecule has 2 rings (SSSR count). The first-order valence-corrected chi connectivity index (χ1v) is 5.32. The predicted molar refractivity (Wildman–Crippen MR) is 60.0 cm³/mol. The minimum atomic E-state index is -0.985. The molecule has 0 saturated heterocycles. The summed E-state index contributed by atoms with van der Waals surface area (Å²) in [4.78, 5) is 23.4. The molecule has 0 fully saturated rings. The van der Waals surface area contributed by atoms with Gasteiger partial charge in [0.1, 0.15) is 12.4 Å². The van der Waals surface area contributed by atoms with E-state index in [0.717, 1.165) is 12.0 Å². The summed E-state index contributed by atoms with van der Waals surface area (Å²) < 4.78 is 5.52. The fourth-order valence-electron chi connectivity index (χ4n) is 1.75. The number of aromatic carboxylic acids is 1. The SMILES string of the molecule is C[C@@H]1COc2cc(C(=O)O)ccc2CN1C=O. The van der Waals surface area contributed by atoms with Crippen molar-refractivity contribution >= 4 is 12.4 Å². The highest BCUT2D eigenvalue weighted by atomic mass is 16.5. The van der Waals surface area contributed by atoms with E-state index < -0.39 is 5.97 Å². The average molecular weight is 235 g/mol. The minimum absolute atomic E-state index is 0.0202. The highest BCUT2D eigenvalue weighted by Gasteiger charge is 2.20. The molecule has 0 saturated carbocycles. The van der Waals surface area contributed by atoms with Crippen LogP contribution in [0.15, 0.2) is 18.2 Å². The molecule has 1 heterocycles. The van der Waals surface area contributed by atoms with E-state index in [9.17, 15) is 9.59 Å². The molecule has 1 aliphatic rings. The van der Waals surface area contributed by atoms with E-state index in [-0.39, 0.29) is 11.6 Å². The van der Waals surface area contributed by atoms with E-state index in [0.29, 0.717) is 18.9 Å². The molecule has 1 amide bonds.